The summed E-state index contributed by atoms with van der Waals surface area (Å²) < 4.78 is 4.07. The topological polar surface area (TPSA) is 282 Å². The van der Waals surface area contributed by atoms with Crippen LogP contribution >= 0.6 is 90.4 Å². The molecule has 0 aromatic heterocycles. The van der Waals surface area contributed by atoms with Crippen LogP contribution in [-0.2, 0) is 62.9 Å². The largest absolute Gasteiger partial charge is 2.00 e. The van der Waals surface area contributed by atoms with E-state index in [9.17, 15) is 68.4 Å². The van der Waals surface area contributed by atoms with E-state index >= 15 is 0 Å². The van der Waals surface area contributed by atoms with Crippen molar-refractivity contribution < 1.29 is 103 Å². The summed E-state index contributed by atoms with van der Waals surface area (Å²) in [5, 5.41) is 40.8. The molecule has 4 rings (SSSR count). The zero-order chi connectivity index (χ0) is 55.9. The number of benzene rings is 4. The molecule has 0 spiro atoms. The molecule has 0 bridgehead atoms. The van der Waals surface area contributed by atoms with Gasteiger partial charge in [-0.3, -0.25) is 28.8 Å². The Morgan fingerprint density at radius 2 is 0.375 bits per heavy atom. The van der Waals surface area contributed by atoms with Gasteiger partial charge in [0.05, 0.1) is 23.9 Å². The first kappa shape index (κ1) is 84.4. The number of nitrogens with zero attached hydrogens (tertiary/aromatic N) is 6. The first-order valence-electron chi connectivity index (χ1n) is 19.0. The molecule has 2 radical (unpaired) electrons. The maximum Gasteiger partial charge on any atom is 2.00 e. The van der Waals surface area contributed by atoms with Crippen LogP contribution in [0.25, 0.3) is 0 Å². The monoisotopic (exact) mass is 1550 g/mol. The number of carboxylic acid groups (broad SMARTS) is 4. The van der Waals surface area contributed by atoms with Crippen LogP contribution in [0.4, 0.5) is 0 Å². The van der Waals surface area contributed by atoms with Crippen molar-refractivity contribution in [3.63, 3.8) is 0 Å². The fourth-order valence-corrected chi connectivity index (χ4v) is 3.78. The Morgan fingerprint density at radius 1 is 0.292 bits per heavy atom. The van der Waals surface area contributed by atoms with Crippen LogP contribution in [0.1, 0.15) is 41.4 Å². The molecule has 0 aliphatic heterocycles. The Bertz CT molecular complexity index is 1740. The van der Waals surface area contributed by atoms with Crippen LogP contribution in [0, 0.1) is 14.3 Å². The number of carbonyl (C=O) groups is 10. The van der Waals surface area contributed by atoms with Gasteiger partial charge in [-0.25, -0.2) is 0 Å². The second-order valence-electron chi connectivity index (χ2n) is 13.6. The van der Waals surface area contributed by atoms with Crippen LogP contribution < -0.4 is 20.4 Å². The number of hydrogen-bond donors (Lipinski definition) is 0. The summed E-state index contributed by atoms with van der Waals surface area (Å²) in [6.07, 6.45) is 4.50. The van der Waals surface area contributed by atoms with Gasteiger partial charge in [0.25, 0.3) is 0 Å². The minimum Gasteiger partial charge on any atom is -0.545 e. The number of rotatable bonds is 10. The van der Waals surface area contributed by atoms with Crippen molar-refractivity contribution >= 4 is 153 Å². The summed E-state index contributed by atoms with van der Waals surface area (Å²) in [6, 6.07) is 26.0. The molecule has 4 aromatic carbocycles. The van der Waals surface area contributed by atoms with Gasteiger partial charge < -0.3 is 69.0 Å². The second-order valence-corrected chi connectivity index (χ2v) is 18.6. The van der Waals surface area contributed by atoms with Gasteiger partial charge in [0.2, 0.25) is 38.5 Å². The third-order valence-electron chi connectivity index (χ3n) is 5.58. The van der Waals surface area contributed by atoms with Crippen molar-refractivity contribution in [2.75, 3.05) is 84.6 Å². The maximum atomic E-state index is 10.2. The Balaban J connectivity index is -0.000000107. The minimum absolute atomic E-state index is 0. The van der Waals surface area contributed by atoms with Gasteiger partial charge in [-0.1, -0.05) is 48.5 Å². The first-order valence-corrected chi connectivity index (χ1v) is 23.3. The van der Waals surface area contributed by atoms with Crippen molar-refractivity contribution in [1.82, 2.24) is 29.4 Å². The smallest absolute Gasteiger partial charge is 0.545 e. The summed E-state index contributed by atoms with van der Waals surface area (Å²) in [4.78, 5) is 106. The fourth-order valence-electron chi connectivity index (χ4n) is 2.34. The summed E-state index contributed by atoms with van der Waals surface area (Å²) in [5.74, 6) is -4.51. The van der Waals surface area contributed by atoms with E-state index in [0.29, 0.717) is 0 Å². The Morgan fingerprint density at radius 3 is 0.431 bits per heavy atom. The van der Waals surface area contributed by atoms with Crippen molar-refractivity contribution in [2.45, 2.75) is 0 Å². The third kappa shape index (κ3) is 67.6. The van der Waals surface area contributed by atoms with E-state index < -0.39 is 23.9 Å². The summed E-state index contributed by atoms with van der Waals surface area (Å²) in [6.45, 7) is 0. The first-order chi connectivity index (χ1) is 32.4. The molecule has 6 amide bonds. The van der Waals surface area contributed by atoms with Gasteiger partial charge in [0.15, 0.2) is 0 Å². The molecule has 0 fully saturated rings. The van der Waals surface area contributed by atoms with Crippen molar-refractivity contribution in [2.24, 2.45) is 0 Å². The second kappa shape index (κ2) is 55.8. The third-order valence-corrected chi connectivity index (χ3v) is 8.46. The quantitative estimate of drug-likeness (QED) is 0.121. The van der Waals surface area contributed by atoms with E-state index in [1.807, 2.05) is 0 Å². The summed E-state index contributed by atoms with van der Waals surface area (Å²) in [7, 11) is 20.2. The molecule has 0 aliphatic rings. The molecule has 4 aromatic rings. The van der Waals surface area contributed by atoms with Gasteiger partial charge in [-0.2, -0.15) is 0 Å². The summed E-state index contributed by atoms with van der Waals surface area (Å²) in [5.41, 5.74) is 0.890. The average molecular weight is 1550 g/mol. The predicted octanol–water partition coefficient (Wildman–Crippen LogP) is 0.840. The molecule has 0 atom stereocenters. The fraction of sp³-hybridized carbons (Fsp3) is 0.261. The van der Waals surface area contributed by atoms with E-state index in [1.54, 1.807) is 133 Å². The number of hydrogen-bond acceptors (Lipinski definition) is 14. The number of aromatic carboxylic acids is 4. The molecule has 0 aliphatic carbocycles. The maximum absolute atomic E-state index is 10.2. The molecule has 0 saturated carbocycles. The molecular formula is C46H58Cu2I4N6O14. The number of amides is 6. The van der Waals surface area contributed by atoms with Gasteiger partial charge in [-0.05, 0) is 161 Å². The normalized spacial score (nSPS) is 8.00. The zero-order valence-electron chi connectivity index (χ0n) is 41.2. The molecule has 0 N–H and O–H groups in total. The molecule has 26 heteroatoms. The van der Waals surface area contributed by atoms with Crippen LogP contribution in [0.5, 0.6) is 0 Å². The molecule has 0 saturated heterocycles. The van der Waals surface area contributed by atoms with Gasteiger partial charge >= 0.3 is 34.1 Å². The van der Waals surface area contributed by atoms with Crippen LogP contribution in [0.3, 0.4) is 0 Å². The van der Waals surface area contributed by atoms with Crippen molar-refractivity contribution in [3.8, 4) is 0 Å². The van der Waals surface area contributed by atoms with E-state index in [2.05, 4.69) is 90.4 Å². The molecule has 20 nitrogen and oxygen atoms in total. The number of carbonyl (C=O) groups excluding carboxylic acids is 10. The average Bonchev–Trinajstić information content (AvgIpc) is 3.31. The van der Waals surface area contributed by atoms with Gasteiger partial charge in [0, 0.05) is 98.9 Å². The zero-order valence-corrected chi connectivity index (χ0v) is 51.7. The van der Waals surface area contributed by atoms with E-state index in [4.69, 9.17) is 0 Å². The Kier molecular flexibility index (Phi) is 65.4. The van der Waals surface area contributed by atoms with Gasteiger partial charge in [0.1, 0.15) is 0 Å². The van der Waals surface area contributed by atoms with Crippen molar-refractivity contribution in [3.05, 3.63) is 134 Å². The SMILES string of the molecule is CN(C)C=O.CN(C)C=O.CN(C)C=O.CN(C)C=O.CN(C)C=O.CN(C)C=O.O=C([O-])c1ccc(I)cc1.O=C([O-])c1ccc(I)cc1.O=C([O-])c1ccc(I)cc1.O=C([O-])c1ccc(I)cc1.[Cu+2].[Cu+2]. The van der Waals surface area contributed by atoms with Crippen LogP contribution in [0.15, 0.2) is 97.1 Å². The molecule has 0 unspecified atom stereocenters. The molecule has 0 heterocycles. The summed E-state index contributed by atoms with van der Waals surface area (Å²) >= 11 is 8.43. The van der Waals surface area contributed by atoms with Gasteiger partial charge in [-0.15, -0.1) is 0 Å². The number of halogens is 4. The van der Waals surface area contributed by atoms with Crippen molar-refractivity contribution in [1.29, 1.82) is 0 Å². The van der Waals surface area contributed by atoms with E-state index in [-0.39, 0.29) is 56.4 Å². The molecule has 72 heavy (non-hydrogen) atoms. The Hall–Kier alpha value is -4.46. The number of carboxylic acids is 4. The van der Waals surface area contributed by atoms with Crippen LogP contribution in [-0.4, -0.2) is 176 Å². The Labute approximate surface area is 497 Å². The molecular weight excluding hydrogens is 1500 g/mol. The van der Waals surface area contributed by atoms with Crippen LogP contribution in [0.2, 0.25) is 0 Å². The predicted molar refractivity (Wildman–Crippen MR) is 292 cm³/mol. The van der Waals surface area contributed by atoms with E-state index in [0.717, 1.165) is 52.7 Å². The van der Waals surface area contributed by atoms with E-state index in [1.165, 1.54) is 77.9 Å². The standard InChI is InChI=1S/4C7H5IO2.6C3H7NO.2Cu/c4*8-6-3-1-5(2-4-6)7(9)10;6*1-4(2)3-5;;/h4*1-4H,(H,9,10);6*3H,1-2H3;;/q;;;;;;;;;;2*+2/p-4. The minimum atomic E-state index is -1.13. The molecule has 406 valence electrons.